The highest BCUT2D eigenvalue weighted by atomic mass is 28.3. The molecule has 4 aliphatic rings. The molecule has 21 nitrogen and oxygen atoms in total. The number of carbonyl (C=O) groups excluding carboxylic acids is 4. The number of benzene rings is 10. The summed E-state index contributed by atoms with van der Waals surface area (Å²) in [7, 11) is 5.29. The summed E-state index contributed by atoms with van der Waals surface area (Å²) >= 11 is 0. The van der Waals surface area contributed by atoms with Crippen molar-refractivity contribution in [3.63, 3.8) is 0 Å². The number of hydrogen-bond donors (Lipinski definition) is 6. The lowest BCUT2D eigenvalue weighted by Gasteiger charge is -2.48. The van der Waals surface area contributed by atoms with Crippen molar-refractivity contribution in [1.29, 1.82) is 0 Å². The molecule has 0 bridgehead atoms. The van der Waals surface area contributed by atoms with Crippen LogP contribution in [0.2, 0.25) is 25.7 Å². The van der Waals surface area contributed by atoms with E-state index in [1.165, 1.54) is 10.2 Å². The van der Waals surface area contributed by atoms with Crippen LogP contribution in [0.5, 0.6) is 51.7 Å². The number of aryl methyl sites for hydroxylation is 8. The smallest absolute Gasteiger partial charge is 0.257 e. The molecule has 15 rings (SSSR count). The number of aromatic nitrogens is 3. The minimum atomic E-state index is -1.25. The van der Waals surface area contributed by atoms with Crippen molar-refractivity contribution in [3.05, 3.63) is 293 Å². The third-order valence-electron chi connectivity index (χ3n) is 24.9. The molecule has 5 heterocycles. The third kappa shape index (κ3) is 18.6. The van der Waals surface area contributed by atoms with Gasteiger partial charge in [0.15, 0.2) is 6.04 Å². The molecule has 1 aromatic heterocycles. The molecule has 7 atom stereocenters. The number of phenols is 5. The Hall–Kier alpha value is -12.7. The fourth-order valence-corrected chi connectivity index (χ4v) is 17.7. The normalized spacial score (nSPS) is 18.2. The van der Waals surface area contributed by atoms with E-state index in [0.29, 0.717) is 29.1 Å². The van der Waals surface area contributed by atoms with E-state index in [1.54, 1.807) is 79.7 Å². The molecule has 648 valence electrons. The number of amides is 4. The monoisotopic (exact) mass is 1690 g/mol. The topological polar surface area (TPSA) is 270 Å². The fourth-order valence-electron chi connectivity index (χ4n) is 16.6. The van der Waals surface area contributed by atoms with Crippen LogP contribution in [0.15, 0.2) is 182 Å². The summed E-state index contributed by atoms with van der Waals surface area (Å²) < 4.78 is 23.6. The number of phenolic OH excluding ortho intramolecular Hbond substituents is 5. The number of hydrogen-bond acceptors (Lipinski definition) is 16. The SMILES string of the molecule is COc1cc(N2C(=O)/C(=C\c3ccc(C(C)(C)C)cc3)[C@@H]2c2ccc(C)c(O)c2)cc(C)c1C.COc1cc(N2C(=O)[C@@H](n3cc(CO)nn3)[C@@H]2c2ccc(C)c(O)c2)cc(C)c1C.COc1cc(N2C(=O)[C@H](CC[Si](C)(C)C)[C@@H]2c2ccc(C)c(O)c2)cc(C)c1C.COc1cc(N2C(=O)[C@H](Cc3ccc(O)cc3)[C@@H]2c2ccc(C)c(O)c2)cc(C)c1C. The van der Waals surface area contributed by atoms with Crippen LogP contribution >= 0.6 is 0 Å². The maximum atomic E-state index is 13.5. The molecule has 22 heteroatoms. The van der Waals surface area contributed by atoms with Crippen LogP contribution in [0.3, 0.4) is 0 Å². The van der Waals surface area contributed by atoms with Gasteiger partial charge in [-0.05, 0) is 274 Å². The summed E-state index contributed by atoms with van der Waals surface area (Å²) in [6, 6.07) is 52.9. The van der Waals surface area contributed by atoms with Crippen molar-refractivity contribution in [2.45, 2.75) is 185 Å². The second-order valence-corrected chi connectivity index (χ2v) is 41.1. The van der Waals surface area contributed by atoms with E-state index in [2.05, 4.69) is 81.1 Å². The number of nitrogens with zero attached hydrogens (tertiary/aromatic N) is 7. The average Bonchev–Trinajstić information content (AvgIpc) is 1.07. The molecule has 124 heavy (non-hydrogen) atoms. The van der Waals surface area contributed by atoms with E-state index in [4.69, 9.17) is 18.9 Å². The summed E-state index contributed by atoms with van der Waals surface area (Å²) in [5.74, 6) is 3.78. The highest BCUT2D eigenvalue weighted by Crippen LogP contribution is 2.53. The van der Waals surface area contributed by atoms with Crippen molar-refractivity contribution in [2.24, 2.45) is 11.8 Å². The summed E-state index contributed by atoms with van der Waals surface area (Å²) in [5, 5.41) is 68.1. The minimum Gasteiger partial charge on any atom is -0.508 e. The van der Waals surface area contributed by atoms with E-state index < -0.39 is 20.2 Å². The highest BCUT2D eigenvalue weighted by Gasteiger charge is 2.53. The van der Waals surface area contributed by atoms with Crippen LogP contribution < -0.4 is 38.5 Å². The van der Waals surface area contributed by atoms with Gasteiger partial charge < -0.3 is 64.3 Å². The van der Waals surface area contributed by atoms with Crippen LogP contribution in [0.4, 0.5) is 22.7 Å². The number of aromatic hydroxyl groups is 5. The second-order valence-electron chi connectivity index (χ2n) is 35.5. The molecule has 0 radical (unpaired) electrons. The molecule has 6 N–H and O–H groups in total. The van der Waals surface area contributed by atoms with Gasteiger partial charge in [0.2, 0.25) is 11.8 Å². The van der Waals surface area contributed by atoms with Crippen LogP contribution in [0, 0.1) is 94.9 Å². The number of rotatable bonds is 20. The molecule has 0 unspecified atom stereocenters. The second kappa shape index (κ2) is 36.8. The van der Waals surface area contributed by atoms with Crippen LogP contribution in [0.1, 0.15) is 169 Å². The lowest BCUT2D eigenvalue weighted by atomic mass is 9.77. The van der Waals surface area contributed by atoms with Crippen LogP contribution in [0.25, 0.3) is 6.08 Å². The van der Waals surface area contributed by atoms with Gasteiger partial charge in [-0.15, -0.1) is 5.10 Å². The van der Waals surface area contributed by atoms with Crippen LogP contribution in [-0.4, -0.2) is 106 Å². The first-order valence-electron chi connectivity index (χ1n) is 41.9. The van der Waals surface area contributed by atoms with Gasteiger partial charge in [-0.2, -0.15) is 0 Å². The molecular formula is C102H117N7O14Si. The molecule has 0 spiro atoms. The molecule has 10 aromatic carbocycles. The number of β-lactam (4-membered cyclic amide) rings is 4. The van der Waals surface area contributed by atoms with Crippen molar-refractivity contribution >= 4 is 60.5 Å². The molecular weight excluding hydrogens is 1580 g/mol. The lowest BCUT2D eigenvalue weighted by Crippen LogP contribution is -2.56. The number of methoxy groups -OCH3 is 4. The number of aliphatic hydroxyl groups excluding tert-OH is 1. The molecule has 4 aliphatic heterocycles. The van der Waals surface area contributed by atoms with Gasteiger partial charge in [0, 0.05) is 60.7 Å². The summed E-state index contributed by atoms with van der Waals surface area (Å²) in [6.07, 6.45) is 4.98. The number of anilines is 4. The summed E-state index contributed by atoms with van der Waals surface area (Å²) in [5.41, 5.74) is 22.7. The van der Waals surface area contributed by atoms with Crippen LogP contribution in [-0.2, 0) is 37.6 Å². The van der Waals surface area contributed by atoms with Gasteiger partial charge in [-0.1, -0.05) is 137 Å². The van der Waals surface area contributed by atoms with E-state index in [-0.39, 0.29) is 94.4 Å². The van der Waals surface area contributed by atoms with E-state index in [1.807, 2.05) is 203 Å². The molecule has 11 aromatic rings. The average molecular weight is 1690 g/mol. The zero-order valence-electron chi connectivity index (χ0n) is 75.3. The number of carbonyl (C=O) groups is 4. The Kier molecular flexibility index (Phi) is 26.9. The van der Waals surface area contributed by atoms with Gasteiger partial charge >= 0.3 is 0 Å². The van der Waals surface area contributed by atoms with Gasteiger partial charge in [0.1, 0.15) is 57.4 Å². The maximum Gasteiger partial charge on any atom is 0.257 e. The molecule has 0 saturated carbocycles. The first-order chi connectivity index (χ1) is 58.7. The first kappa shape index (κ1) is 90.6. The maximum absolute atomic E-state index is 13.5. The predicted octanol–water partition coefficient (Wildman–Crippen LogP) is 20.3. The van der Waals surface area contributed by atoms with Crippen molar-refractivity contribution in [2.75, 3.05) is 48.0 Å². The van der Waals surface area contributed by atoms with Gasteiger partial charge in [-0.3, -0.25) is 24.1 Å². The Labute approximate surface area is 729 Å². The van der Waals surface area contributed by atoms with E-state index in [0.717, 1.165) is 147 Å². The van der Waals surface area contributed by atoms with Crippen molar-refractivity contribution in [1.82, 2.24) is 15.0 Å². The minimum absolute atomic E-state index is 0.0310. The zero-order chi connectivity index (χ0) is 90.2. The highest BCUT2D eigenvalue weighted by molar-refractivity contribution is 6.76. The van der Waals surface area contributed by atoms with Crippen molar-refractivity contribution in [3.8, 4) is 51.7 Å². The Morgan fingerprint density at radius 1 is 0.419 bits per heavy atom. The van der Waals surface area contributed by atoms with E-state index >= 15 is 0 Å². The van der Waals surface area contributed by atoms with E-state index in [9.17, 15) is 49.8 Å². The first-order valence-corrected chi connectivity index (χ1v) is 45.6. The van der Waals surface area contributed by atoms with Gasteiger partial charge in [0.05, 0.1) is 77.2 Å². The van der Waals surface area contributed by atoms with Gasteiger partial charge in [-0.25, -0.2) is 4.68 Å². The van der Waals surface area contributed by atoms with Crippen molar-refractivity contribution < 1.29 is 68.8 Å². The summed E-state index contributed by atoms with van der Waals surface area (Å²) in [6.45, 7) is 36.8. The Balaban J connectivity index is 0.000000151. The fraction of sp³-hybridized carbons (Fsp3) is 0.333. The third-order valence-corrected chi connectivity index (χ3v) is 26.7. The Morgan fingerprint density at radius 2 is 0.790 bits per heavy atom. The number of ether oxygens (including phenoxy) is 4. The summed E-state index contributed by atoms with van der Waals surface area (Å²) in [4.78, 5) is 60.5. The standard InChI is InChI=1S/C30H33NO3.C26H27NO4.C24H33NO3Si.C22H24N4O4/c1-18-8-11-22(16-26(18)32)28-25(15-21-9-12-23(13-10-21)30(4,5)6)29(33)31(28)24-14-19(2)20(3)27(17-24)34-7;1-15-5-8-19(13-23(15)29)25-22(12-18-6-9-21(28)10-7-18)26(30)27(25)20-11-16(2)17(3)24(14-20)31-4;1-15-8-9-18(13-21(15)26)23-20(10-11-29(5,6)7)24(27)25(23)19-12-16(2)17(3)22(14-19)28-4;1-12-5-6-15(8-18(12)28)20-21(25-10-16(11-27)23-24-25)22(29)26(20)17-7-13(2)14(3)19(9-17)30-4/h8-17,28,32H,1-7H3;5-11,13-14,22,25,28-29H,12H2,1-4H3;8-9,12-14,20,23,26H,10-11H2,1-7H3;5-10,20-21,27-28H,11H2,1-4H3/b25-15-;;;/t28-;22-,25+;20-,23+;20-,21-/m0110/s1. The number of aliphatic hydroxyl groups is 1. The molecule has 0 aliphatic carbocycles. The Morgan fingerprint density at radius 3 is 1.17 bits per heavy atom. The molecule has 4 amide bonds. The van der Waals surface area contributed by atoms with Gasteiger partial charge in [0.25, 0.3) is 11.8 Å². The molecule has 4 fully saturated rings. The zero-order valence-corrected chi connectivity index (χ0v) is 76.3. The Bertz CT molecular complexity index is 5900. The quantitative estimate of drug-likeness (QED) is 0.0235. The predicted molar refractivity (Wildman–Crippen MR) is 492 cm³/mol. The lowest BCUT2D eigenvalue weighted by molar-refractivity contribution is -0.131. The molecule has 4 saturated heterocycles. The largest absolute Gasteiger partial charge is 0.508 e.